The Morgan fingerprint density at radius 1 is 1.37 bits per heavy atom. The summed E-state index contributed by atoms with van der Waals surface area (Å²) in [5, 5.41) is 6.02. The Labute approximate surface area is 161 Å². The van der Waals surface area contributed by atoms with Crippen LogP contribution in [0.2, 0.25) is 0 Å². The lowest BCUT2D eigenvalue weighted by molar-refractivity contribution is -0.119. The number of thiazole rings is 1. The van der Waals surface area contributed by atoms with E-state index < -0.39 is 0 Å². The van der Waals surface area contributed by atoms with E-state index in [0.29, 0.717) is 19.0 Å². The zero-order valence-electron chi connectivity index (χ0n) is 15.4. The number of nitrogens with zero attached hydrogens (tertiary/aromatic N) is 3. The Kier molecular flexibility index (Phi) is 3.93. The first kappa shape index (κ1) is 16.7. The van der Waals surface area contributed by atoms with Gasteiger partial charge in [0.25, 0.3) is 0 Å². The third-order valence-corrected chi connectivity index (χ3v) is 6.25. The molecule has 0 radical (unpaired) electrons. The Balaban J connectivity index is 1.56. The summed E-state index contributed by atoms with van der Waals surface area (Å²) >= 11 is 1.64. The molecule has 0 unspecified atom stereocenters. The van der Waals surface area contributed by atoms with Gasteiger partial charge in [0.2, 0.25) is 5.91 Å². The van der Waals surface area contributed by atoms with Crippen LogP contribution in [0.1, 0.15) is 37.2 Å². The third kappa shape index (κ3) is 3.10. The number of carbonyl (C=O) groups is 1. The van der Waals surface area contributed by atoms with Gasteiger partial charge in [0.05, 0.1) is 22.5 Å². The molecule has 27 heavy (non-hydrogen) atoms. The lowest BCUT2D eigenvalue weighted by atomic mass is 10.0. The van der Waals surface area contributed by atoms with Crippen LogP contribution in [0.3, 0.4) is 0 Å². The van der Waals surface area contributed by atoms with Crippen LogP contribution in [0.4, 0.5) is 0 Å². The van der Waals surface area contributed by atoms with Gasteiger partial charge in [0.1, 0.15) is 17.4 Å². The molecule has 6 nitrogen and oxygen atoms in total. The number of hydrogen-bond acceptors (Lipinski definition) is 5. The van der Waals surface area contributed by atoms with Gasteiger partial charge in [0, 0.05) is 35.9 Å². The minimum atomic E-state index is -0.0536. The molecule has 3 heterocycles. The molecule has 2 aliphatic rings. The summed E-state index contributed by atoms with van der Waals surface area (Å²) in [6.07, 6.45) is 4.78. The molecule has 5 rings (SSSR count). The molecule has 1 aliphatic carbocycles. The average Bonchev–Trinajstić information content (AvgIpc) is 3.04. The minimum Gasteiger partial charge on any atom is -0.488 e. The van der Waals surface area contributed by atoms with E-state index in [2.05, 4.69) is 37.4 Å². The van der Waals surface area contributed by atoms with Crippen molar-refractivity contribution < 1.29 is 9.53 Å². The van der Waals surface area contributed by atoms with Gasteiger partial charge in [-0.3, -0.25) is 4.79 Å². The largest absolute Gasteiger partial charge is 0.488 e. The molecular formula is C20H22N4O2S. The maximum atomic E-state index is 11.6. The van der Waals surface area contributed by atoms with Gasteiger partial charge in [-0.1, -0.05) is 0 Å². The molecule has 1 amide bonds. The highest BCUT2D eigenvalue weighted by atomic mass is 32.1. The van der Waals surface area contributed by atoms with E-state index in [0.717, 1.165) is 33.0 Å². The van der Waals surface area contributed by atoms with Crippen molar-refractivity contribution in [3.05, 3.63) is 28.8 Å². The van der Waals surface area contributed by atoms with Gasteiger partial charge < -0.3 is 14.6 Å². The van der Waals surface area contributed by atoms with E-state index in [1.165, 1.54) is 12.8 Å². The predicted molar refractivity (Wildman–Crippen MR) is 105 cm³/mol. The molecule has 2 fully saturated rings. The van der Waals surface area contributed by atoms with Gasteiger partial charge in [-0.05, 0) is 38.8 Å². The maximum Gasteiger partial charge on any atom is 0.220 e. The monoisotopic (exact) mass is 382 g/mol. The Morgan fingerprint density at radius 2 is 2.22 bits per heavy atom. The zero-order chi connectivity index (χ0) is 18.5. The van der Waals surface area contributed by atoms with Gasteiger partial charge in [-0.15, -0.1) is 11.3 Å². The number of carbonyl (C=O) groups excluding carboxylic acids is 1. The predicted octanol–water partition coefficient (Wildman–Crippen LogP) is 3.71. The molecule has 140 valence electrons. The van der Waals surface area contributed by atoms with Crippen LogP contribution in [0.5, 0.6) is 5.75 Å². The van der Waals surface area contributed by atoms with Crippen LogP contribution in [0.25, 0.3) is 22.3 Å². The minimum absolute atomic E-state index is 0.0536. The number of rotatable bonds is 5. The van der Waals surface area contributed by atoms with E-state index in [1.807, 2.05) is 20.2 Å². The highest BCUT2D eigenvalue weighted by Crippen LogP contribution is 2.41. The van der Waals surface area contributed by atoms with Crippen LogP contribution in [-0.4, -0.2) is 33.1 Å². The molecule has 2 atom stereocenters. The van der Waals surface area contributed by atoms with E-state index in [-0.39, 0.29) is 17.9 Å². The molecule has 2 aromatic heterocycles. The number of fused-ring (bicyclic) bond motifs is 1. The van der Waals surface area contributed by atoms with E-state index in [9.17, 15) is 4.79 Å². The fourth-order valence-electron chi connectivity index (χ4n) is 3.75. The zero-order valence-corrected chi connectivity index (χ0v) is 16.3. The number of aryl methyl sites for hydroxylation is 1. The smallest absolute Gasteiger partial charge is 0.220 e. The summed E-state index contributed by atoms with van der Waals surface area (Å²) in [6, 6.07) is 4.70. The summed E-state index contributed by atoms with van der Waals surface area (Å²) in [5.74, 6) is 1.13. The molecule has 7 heteroatoms. The standard InChI is InChI=1S/C20H22N4O2S/c1-11(14-7-19(25)21-8-14)26-18-6-13(17-9-27-12(2)23-17)5-16-20(18)24(10-22-16)15-3-4-15/h5-6,9-11,14-15H,3-4,7-8H2,1-2H3,(H,21,25)/t11-,14-/m1/s1. The van der Waals surface area contributed by atoms with Gasteiger partial charge in [0.15, 0.2) is 0 Å². The molecule has 1 saturated heterocycles. The van der Waals surface area contributed by atoms with Crippen molar-refractivity contribution in [3.8, 4) is 17.0 Å². The summed E-state index contributed by atoms with van der Waals surface area (Å²) < 4.78 is 8.67. The number of benzene rings is 1. The normalized spacial score (nSPS) is 20.8. The number of amides is 1. The number of imidazole rings is 1. The summed E-state index contributed by atoms with van der Waals surface area (Å²) in [6.45, 7) is 4.74. The second-order valence-electron chi connectivity index (χ2n) is 7.57. The van der Waals surface area contributed by atoms with Crippen LogP contribution >= 0.6 is 11.3 Å². The van der Waals surface area contributed by atoms with Crippen LogP contribution < -0.4 is 10.1 Å². The number of aromatic nitrogens is 3. The van der Waals surface area contributed by atoms with E-state index in [4.69, 9.17) is 4.74 Å². The second-order valence-corrected chi connectivity index (χ2v) is 8.63. The maximum absolute atomic E-state index is 11.6. The quantitative estimate of drug-likeness (QED) is 0.730. The Morgan fingerprint density at radius 3 is 2.89 bits per heavy atom. The average molecular weight is 382 g/mol. The first-order valence-corrected chi connectivity index (χ1v) is 10.3. The van der Waals surface area contributed by atoms with Gasteiger partial charge in [-0.2, -0.15) is 0 Å². The van der Waals surface area contributed by atoms with Gasteiger partial charge >= 0.3 is 0 Å². The SMILES string of the molecule is Cc1nc(-c2cc(O[C@H](C)[C@H]3CNC(=O)C3)c3c(c2)ncn3C2CC2)cs1. The first-order valence-electron chi connectivity index (χ1n) is 9.45. The molecule has 0 bridgehead atoms. The molecule has 1 N–H and O–H groups in total. The van der Waals surface area contributed by atoms with Gasteiger partial charge in [-0.25, -0.2) is 9.97 Å². The Hall–Kier alpha value is -2.41. The summed E-state index contributed by atoms with van der Waals surface area (Å²) in [4.78, 5) is 20.9. The van der Waals surface area contributed by atoms with Crippen molar-refractivity contribution in [2.75, 3.05) is 6.54 Å². The topological polar surface area (TPSA) is 69.0 Å². The highest BCUT2D eigenvalue weighted by Gasteiger charge is 2.30. The molecular weight excluding hydrogens is 360 g/mol. The van der Waals surface area contributed by atoms with E-state index in [1.54, 1.807) is 11.3 Å². The first-order chi connectivity index (χ1) is 13.1. The summed E-state index contributed by atoms with van der Waals surface area (Å²) in [5.41, 5.74) is 3.97. The molecule has 1 aromatic carbocycles. The molecule has 1 aliphatic heterocycles. The highest BCUT2D eigenvalue weighted by molar-refractivity contribution is 7.09. The lowest BCUT2D eigenvalue weighted by Crippen LogP contribution is -2.25. The second kappa shape index (κ2) is 6.34. The van der Waals surface area contributed by atoms with Crippen LogP contribution in [0, 0.1) is 12.8 Å². The van der Waals surface area contributed by atoms with Crippen LogP contribution in [0.15, 0.2) is 23.8 Å². The van der Waals surface area contributed by atoms with Crippen molar-refractivity contribution in [1.29, 1.82) is 0 Å². The number of nitrogens with one attached hydrogen (secondary N) is 1. The number of hydrogen-bond donors (Lipinski definition) is 1. The fourth-order valence-corrected chi connectivity index (χ4v) is 4.37. The van der Waals surface area contributed by atoms with E-state index >= 15 is 0 Å². The van der Waals surface area contributed by atoms with Crippen molar-refractivity contribution in [3.63, 3.8) is 0 Å². The Bertz CT molecular complexity index is 1020. The van der Waals surface area contributed by atoms with Crippen molar-refractivity contribution in [2.45, 2.75) is 45.3 Å². The van der Waals surface area contributed by atoms with Crippen LogP contribution in [-0.2, 0) is 4.79 Å². The number of ether oxygens (including phenoxy) is 1. The fraction of sp³-hybridized carbons (Fsp3) is 0.450. The van der Waals surface area contributed by atoms with Crippen molar-refractivity contribution in [1.82, 2.24) is 19.9 Å². The van der Waals surface area contributed by atoms with Crippen molar-refractivity contribution in [2.24, 2.45) is 5.92 Å². The lowest BCUT2D eigenvalue weighted by Gasteiger charge is -2.21. The molecule has 3 aromatic rings. The molecule has 0 spiro atoms. The third-order valence-electron chi connectivity index (χ3n) is 5.48. The summed E-state index contributed by atoms with van der Waals surface area (Å²) in [7, 11) is 0. The molecule has 1 saturated carbocycles. The van der Waals surface area contributed by atoms with Crippen molar-refractivity contribution >= 4 is 28.3 Å².